The van der Waals surface area contributed by atoms with Gasteiger partial charge in [-0.25, -0.2) is 14.5 Å². The van der Waals surface area contributed by atoms with Crippen molar-refractivity contribution >= 4 is 17.8 Å². The largest absolute Gasteiger partial charge is 0.497 e. The molecule has 1 saturated carbocycles. The van der Waals surface area contributed by atoms with E-state index in [2.05, 4.69) is 10.1 Å². The van der Waals surface area contributed by atoms with E-state index in [0.29, 0.717) is 60.6 Å². The topological polar surface area (TPSA) is 117 Å². The molecule has 1 aliphatic carbocycles. The van der Waals surface area contributed by atoms with Gasteiger partial charge in [0.1, 0.15) is 18.1 Å². The van der Waals surface area contributed by atoms with Gasteiger partial charge in [-0.1, -0.05) is 0 Å². The van der Waals surface area contributed by atoms with Gasteiger partial charge in [0, 0.05) is 43.1 Å². The average Bonchev–Trinajstić information content (AvgIpc) is 3.18. The number of piperidine rings is 1. The summed E-state index contributed by atoms with van der Waals surface area (Å²) < 4.78 is 11.9. The molecule has 2 aromatic rings. The summed E-state index contributed by atoms with van der Waals surface area (Å²) in [4.78, 5) is 39.6. The highest BCUT2D eigenvalue weighted by atomic mass is 16.5. The molecule has 2 saturated heterocycles. The number of aromatic nitrogens is 2. The van der Waals surface area contributed by atoms with Gasteiger partial charge in [0.2, 0.25) is 0 Å². The highest BCUT2D eigenvalue weighted by Gasteiger charge is 2.61. The highest BCUT2D eigenvalue weighted by Crippen LogP contribution is 2.50. The van der Waals surface area contributed by atoms with E-state index in [1.54, 1.807) is 36.4 Å². The van der Waals surface area contributed by atoms with E-state index in [4.69, 9.17) is 9.47 Å². The maximum Gasteiger partial charge on any atom is 0.356 e. The third kappa shape index (κ3) is 3.18. The third-order valence-electron chi connectivity index (χ3n) is 7.36. The number of hydrazine groups is 1. The van der Waals surface area contributed by atoms with Crippen LogP contribution in [0.4, 0.5) is 0 Å². The molecule has 178 valence electrons. The molecular formula is C23H25N5O6. The number of carboxylic acid groups (broad SMARTS) is 1. The normalized spacial score (nSPS) is 26.4. The van der Waals surface area contributed by atoms with Crippen molar-refractivity contribution in [3.63, 3.8) is 0 Å². The fraction of sp³-hybridized carbons (Fsp3) is 0.478. The molecule has 1 aromatic heterocycles. The number of morpholine rings is 1. The first-order valence-corrected chi connectivity index (χ1v) is 11.4. The Balaban J connectivity index is 1.25. The molecule has 4 heterocycles. The number of carbonyl (C=O) groups is 3. The van der Waals surface area contributed by atoms with Gasteiger partial charge in [-0.05, 0) is 30.7 Å². The maximum atomic E-state index is 13.7. The lowest BCUT2D eigenvalue weighted by Gasteiger charge is -2.37. The summed E-state index contributed by atoms with van der Waals surface area (Å²) in [6.07, 6.45) is 0.445. The molecule has 2 amide bonds. The lowest BCUT2D eigenvalue weighted by atomic mass is 10.0. The zero-order valence-electron chi connectivity index (χ0n) is 18.7. The van der Waals surface area contributed by atoms with Crippen molar-refractivity contribution in [2.75, 3.05) is 46.5 Å². The van der Waals surface area contributed by atoms with Gasteiger partial charge < -0.3 is 19.5 Å². The van der Waals surface area contributed by atoms with Crippen molar-refractivity contribution in [2.45, 2.75) is 12.5 Å². The van der Waals surface area contributed by atoms with Crippen molar-refractivity contribution in [2.24, 2.45) is 11.8 Å². The summed E-state index contributed by atoms with van der Waals surface area (Å²) in [5.74, 6) is -0.0862. The molecule has 34 heavy (non-hydrogen) atoms. The lowest BCUT2D eigenvalue weighted by molar-refractivity contribution is -0.164. The molecular weight excluding hydrogens is 442 g/mol. The minimum atomic E-state index is -1.14. The first-order valence-electron chi connectivity index (χ1n) is 11.4. The molecule has 2 atom stereocenters. The number of ether oxygens (including phenoxy) is 2. The fourth-order valence-corrected chi connectivity index (χ4v) is 5.68. The number of methoxy groups -OCH3 is 1. The van der Waals surface area contributed by atoms with Crippen LogP contribution in [0.5, 0.6) is 5.75 Å². The summed E-state index contributed by atoms with van der Waals surface area (Å²) in [7, 11) is 1.57. The number of nitrogens with zero attached hydrogens (tertiary/aromatic N) is 5. The number of amides is 2. The van der Waals surface area contributed by atoms with E-state index in [1.165, 1.54) is 4.68 Å². The second-order valence-electron chi connectivity index (χ2n) is 9.10. The number of benzene rings is 1. The number of aromatic carboxylic acids is 1. The van der Waals surface area contributed by atoms with E-state index < -0.39 is 5.97 Å². The quantitative estimate of drug-likeness (QED) is 0.667. The van der Waals surface area contributed by atoms with Crippen molar-refractivity contribution in [3.05, 3.63) is 41.2 Å². The molecule has 0 spiro atoms. The Labute approximate surface area is 195 Å². The number of carbonyl (C=O) groups excluding carboxylic acids is 2. The molecule has 0 bridgehead atoms. The van der Waals surface area contributed by atoms with Gasteiger partial charge in [-0.2, -0.15) is 5.10 Å². The van der Waals surface area contributed by atoms with Crippen LogP contribution in [-0.4, -0.2) is 100 Å². The van der Waals surface area contributed by atoms with Crippen LogP contribution in [0.2, 0.25) is 0 Å². The Morgan fingerprint density at radius 1 is 1.15 bits per heavy atom. The van der Waals surface area contributed by atoms with E-state index in [-0.39, 0.29) is 30.2 Å². The van der Waals surface area contributed by atoms with Crippen LogP contribution in [0.25, 0.3) is 5.69 Å². The number of hydrogen-bond acceptors (Lipinski definition) is 7. The molecule has 2 unspecified atom stereocenters. The minimum absolute atomic E-state index is 0.0209. The van der Waals surface area contributed by atoms with E-state index in [9.17, 15) is 19.5 Å². The van der Waals surface area contributed by atoms with Crippen LogP contribution in [-0.2, 0) is 16.0 Å². The molecule has 6 rings (SSSR count). The van der Waals surface area contributed by atoms with Crippen molar-refractivity contribution in [1.82, 2.24) is 24.7 Å². The molecule has 1 aromatic carbocycles. The Hall–Kier alpha value is -3.44. The third-order valence-corrected chi connectivity index (χ3v) is 7.36. The molecule has 11 heteroatoms. The van der Waals surface area contributed by atoms with Gasteiger partial charge in [0.05, 0.1) is 25.9 Å². The number of carboxylic acids is 1. The van der Waals surface area contributed by atoms with Crippen LogP contribution < -0.4 is 4.74 Å². The summed E-state index contributed by atoms with van der Waals surface area (Å²) in [6.45, 7) is 3.15. The first-order chi connectivity index (χ1) is 16.5. The fourth-order valence-electron chi connectivity index (χ4n) is 5.68. The summed E-state index contributed by atoms with van der Waals surface area (Å²) in [5, 5.41) is 17.9. The predicted octanol–water partition coefficient (Wildman–Crippen LogP) is 0.281. The molecule has 1 N–H and O–H groups in total. The van der Waals surface area contributed by atoms with Gasteiger partial charge in [0.15, 0.2) is 5.69 Å². The zero-order valence-corrected chi connectivity index (χ0v) is 18.7. The van der Waals surface area contributed by atoms with Gasteiger partial charge in [-0.15, -0.1) is 0 Å². The monoisotopic (exact) mass is 467 g/mol. The Kier molecular flexibility index (Phi) is 4.85. The van der Waals surface area contributed by atoms with Gasteiger partial charge >= 0.3 is 5.97 Å². The maximum absolute atomic E-state index is 13.7. The van der Waals surface area contributed by atoms with Crippen LogP contribution in [0.15, 0.2) is 24.3 Å². The summed E-state index contributed by atoms with van der Waals surface area (Å²) >= 11 is 0. The van der Waals surface area contributed by atoms with Gasteiger partial charge in [0.25, 0.3) is 11.8 Å². The Morgan fingerprint density at radius 3 is 2.53 bits per heavy atom. The van der Waals surface area contributed by atoms with Gasteiger partial charge in [-0.3, -0.25) is 14.6 Å². The number of fused-ring (bicyclic) bond motifs is 2. The summed E-state index contributed by atoms with van der Waals surface area (Å²) in [6, 6.07) is 7.12. The SMILES string of the molecule is COc1ccc(-n2nc(C(=O)O)c3c2C(=O)N(C2C4CN(N5CCOCC5=O)CC42)CC3)cc1. The minimum Gasteiger partial charge on any atom is -0.497 e. The van der Waals surface area contributed by atoms with Crippen LogP contribution in [0.1, 0.15) is 26.5 Å². The van der Waals surface area contributed by atoms with Crippen molar-refractivity contribution in [1.29, 1.82) is 0 Å². The van der Waals surface area contributed by atoms with Crippen molar-refractivity contribution < 1.29 is 29.0 Å². The second-order valence-corrected chi connectivity index (χ2v) is 9.10. The molecule has 3 fully saturated rings. The molecule has 4 aliphatic rings. The number of hydrogen-bond donors (Lipinski definition) is 1. The van der Waals surface area contributed by atoms with Crippen LogP contribution in [0, 0.1) is 11.8 Å². The lowest BCUT2D eigenvalue weighted by Crippen LogP contribution is -2.53. The molecule has 11 nitrogen and oxygen atoms in total. The van der Waals surface area contributed by atoms with Crippen LogP contribution >= 0.6 is 0 Å². The van der Waals surface area contributed by atoms with Crippen molar-refractivity contribution in [3.8, 4) is 11.4 Å². The smallest absolute Gasteiger partial charge is 0.356 e. The highest BCUT2D eigenvalue weighted by molar-refractivity contribution is 6.00. The zero-order chi connectivity index (χ0) is 23.6. The number of rotatable bonds is 5. The first kappa shape index (κ1) is 21.1. The van der Waals surface area contributed by atoms with E-state index in [0.717, 1.165) is 13.1 Å². The van der Waals surface area contributed by atoms with E-state index in [1.807, 2.05) is 4.90 Å². The van der Waals surface area contributed by atoms with Crippen LogP contribution in [0.3, 0.4) is 0 Å². The second kappa shape index (κ2) is 7.81. The standard InChI is InChI=1S/C23H25N5O6/c1-33-14-4-2-13(3-5-14)28-21-15(19(24-28)23(31)32)6-7-26(22(21)30)20-16-10-25(11-17(16)20)27-8-9-34-12-18(27)29/h2-5,16-17,20H,6-12H2,1H3,(H,31,32). The Bertz CT molecular complexity index is 1170. The summed E-state index contributed by atoms with van der Waals surface area (Å²) in [5.41, 5.74) is 1.33. The molecule has 3 aliphatic heterocycles. The predicted molar refractivity (Wildman–Crippen MR) is 117 cm³/mol. The Morgan fingerprint density at radius 2 is 1.88 bits per heavy atom. The van der Waals surface area contributed by atoms with E-state index >= 15 is 0 Å². The average molecular weight is 467 g/mol. The molecule has 0 radical (unpaired) electrons.